The number of hydrogen-bond acceptors (Lipinski definition) is 7. The number of carboxylic acid groups (broad SMARTS) is 1. The standard InChI is InChI=1S/C12H18O7S/c1-7(2)11(16)18-6-19-12(17)20-5-9(10(14)15)4-8(3)13/h7,9H,4-6H2,1-3H3,(H,14,15)/t9-/m0/s1. The lowest BCUT2D eigenvalue weighted by Crippen LogP contribution is -2.20. The van der Waals surface area contributed by atoms with E-state index in [9.17, 15) is 19.2 Å². The number of Topliss-reactive ketones (excluding diaryl/α,β-unsaturated/α-hetero) is 1. The number of esters is 1. The van der Waals surface area contributed by atoms with E-state index in [1.165, 1.54) is 6.92 Å². The van der Waals surface area contributed by atoms with Gasteiger partial charge in [0.25, 0.3) is 0 Å². The number of hydrogen-bond donors (Lipinski definition) is 1. The fourth-order valence-electron chi connectivity index (χ4n) is 1.08. The molecule has 0 bridgehead atoms. The fourth-order valence-corrected chi connectivity index (χ4v) is 1.81. The SMILES string of the molecule is CC(=O)C[C@@H](CSC(=O)OCOC(=O)C(C)C)C(=O)O. The van der Waals surface area contributed by atoms with Crippen LogP contribution in [0.15, 0.2) is 0 Å². The Morgan fingerprint density at radius 1 is 1.15 bits per heavy atom. The van der Waals surface area contributed by atoms with E-state index in [2.05, 4.69) is 9.47 Å². The largest absolute Gasteiger partial charge is 0.481 e. The first-order chi connectivity index (χ1) is 9.23. The van der Waals surface area contributed by atoms with E-state index in [1.807, 2.05) is 0 Å². The average molecular weight is 306 g/mol. The molecule has 0 aromatic carbocycles. The van der Waals surface area contributed by atoms with Gasteiger partial charge < -0.3 is 19.4 Å². The number of thioether (sulfide) groups is 1. The van der Waals surface area contributed by atoms with Crippen molar-refractivity contribution in [2.45, 2.75) is 27.2 Å². The molecule has 0 aromatic rings. The minimum Gasteiger partial charge on any atom is -0.481 e. The molecule has 0 radical (unpaired) electrons. The van der Waals surface area contributed by atoms with Gasteiger partial charge in [0.05, 0.1) is 11.8 Å². The lowest BCUT2D eigenvalue weighted by molar-refractivity contribution is -0.155. The first-order valence-corrected chi connectivity index (χ1v) is 6.91. The van der Waals surface area contributed by atoms with E-state index in [0.717, 1.165) is 0 Å². The van der Waals surface area contributed by atoms with Crippen LogP contribution in [0.3, 0.4) is 0 Å². The van der Waals surface area contributed by atoms with E-state index in [4.69, 9.17) is 5.11 Å². The minimum absolute atomic E-state index is 0.0775. The van der Waals surface area contributed by atoms with Crippen LogP contribution in [-0.2, 0) is 23.9 Å². The van der Waals surface area contributed by atoms with Crippen LogP contribution in [-0.4, -0.2) is 40.7 Å². The summed E-state index contributed by atoms with van der Waals surface area (Å²) in [4.78, 5) is 44.1. The van der Waals surface area contributed by atoms with Gasteiger partial charge in [0.1, 0.15) is 5.78 Å². The second-order valence-corrected chi connectivity index (χ2v) is 5.34. The van der Waals surface area contributed by atoms with Crippen molar-refractivity contribution >= 4 is 34.8 Å². The van der Waals surface area contributed by atoms with E-state index in [0.29, 0.717) is 11.8 Å². The van der Waals surface area contributed by atoms with Crippen molar-refractivity contribution in [3.63, 3.8) is 0 Å². The number of carbonyl (C=O) groups is 4. The third-order valence-electron chi connectivity index (χ3n) is 2.13. The Bertz CT molecular complexity index is 378. The Labute approximate surface area is 121 Å². The Kier molecular flexibility index (Phi) is 8.62. The van der Waals surface area contributed by atoms with Crippen LogP contribution in [0.25, 0.3) is 0 Å². The summed E-state index contributed by atoms with van der Waals surface area (Å²) in [5, 5.41) is 8.10. The fraction of sp³-hybridized carbons (Fsp3) is 0.667. The molecule has 0 saturated carbocycles. The third-order valence-corrected chi connectivity index (χ3v) is 3.06. The highest BCUT2D eigenvalue weighted by molar-refractivity contribution is 8.13. The molecule has 0 aliphatic carbocycles. The zero-order valence-electron chi connectivity index (χ0n) is 11.6. The first kappa shape index (κ1) is 18.4. The molecule has 8 heteroatoms. The lowest BCUT2D eigenvalue weighted by Gasteiger charge is -2.10. The normalized spacial score (nSPS) is 11.8. The number of carboxylic acids is 1. The molecule has 1 N–H and O–H groups in total. The maximum Gasteiger partial charge on any atom is 0.370 e. The van der Waals surface area contributed by atoms with Gasteiger partial charge in [-0.15, -0.1) is 0 Å². The van der Waals surface area contributed by atoms with Gasteiger partial charge in [-0.25, -0.2) is 4.79 Å². The van der Waals surface area contributed by atoms with Crippen molar-refractivity contribution < 1.29 is 33.8 Å². The highest BCUT2D eigenvalue weighted by Crippen LogP contribution is 2.15. The summed E-state index contributed by atoms with van der Waals surface area (Å²) in [6.45, 7) is 4.05. The third kappa shape index (κ3) is 8.52. The van der Waals surface area contributed by atoms with Gasteiger partial charge in [0.2, 0.25) is 6.79 Å². The smallest absolute Gasteiger partial charge is 0.370 e. The summed E-state index contributed by atoms with van der Waals surface area (Å²) in [6, 6.07) is 0. The van der Waals surface area contributed by atoms with Crippen molar-refractivity contribution in [2.24, 2.45) is 11.8 Å². The van der Waals surface area contributed by atoms with Crippen LogP contribution in [0, 0.1) is 11.8 Å². The topological polar surface area (TPSA) is 107 Å². The van der Waals surface area contributed by atoms with Gasteiger partial charge in [-0.05, 0) is 18.7 Å². The second kappa shape index (κ2) is 9.35. The van der Waals surface area contributed by atoms with Crippen LogP contribution in [0.5, 0.6) is 0 Å². The van der Waals surface area contributed by atoms with Crippen LogP contribution in [0.4, 0.5) is 4.79 Å². The van der Waals surface area contributed by atoms with Crippen molar-refractivity contribution in [1.82, 2.24) is 0 Å². The molecule has 0 aliphatic rings. The molecule has 0 spiro atoms. The highest BCUT2D eigenvalue weighted by Gasteiger charge is 2.21. The van der Waals surface area contributed by atoms with E-state index in [-0.39, 0.29) is 23.9 Å². The van der Waals surface area contributed by atoms with Gasteiger partial charge in [-0.1, -0.05) is 13.8 Å². The molecule has 7 nitrogen and oxygen atoms in total. The molecule has 0 fully saturated rings. The summed E-state index contributed by atoms with van der Waals surface area (Å²) in [5.74, 6) is -3.25. The quantitative estimate of drug-likeness (QED) is 0.533. The molecule has 0 saturated heterocycles. The first-order valence-electron chi connectivity index (χ1n) is 5.92. The maximum absolute atomic E-state index is 11.3. The number of rotatable bonds is 8. The molecule has 0 aromatic heterocycles. The summed E-state index contributed by atoms with van der Waals surface area (Å²) >= 11 is 0.629. The molecule has 20 heavy (non-hydrogen) atoms. The minimum atomic E-state index is -1.15. The molecule has 0 aliphatic heterocycles. The molecular weight excluding hydrogens is 288 g/mol. The highest BCUT2D eigenvalue weighted by atomic mass is 32.2. The van der Waals surface area contributed by atoms with Crippen molar-refractivity contribution in [1.29, 1.82) is 0 Å². The van der Waals surface area contributed by atoms with Gasteiger partial charge in [-0.2, -0.15) is 0 Å². The van der Waals surface area contributed by atoms with E-state index < -0.39 is 30.0 Å². The molecule has 0 heterocycles. The van der Waals surface area contributed by atoms with Crippen molar-refractivity contribution in [3.8, 4) is 0 Å². The number of aliphatic carboxylic acids is 1. The Morgan fingerprint density at radius 3 is 2.20 bits per heavy atom. The average Bonchev–Trinajstić information content (AvgIpc) is 2.33. The maximum atomic E-state index is 11.3. The summed E-state index contributed by atoms with van der Waals surface area (Å²) in [7, 11) is 0. The van der Waals surface area contributed by atoms with Crippen LogP contribution in [0.1, 0.15) is 27.2 Å². The molecule has 0 unspecified atom stereocenters. The zero-order valence-corrected chi connectivity index (χ0v) is 12.4. The summed E-state index contributed by atoms with van der Waals surface area (Å²) < 4.78 is 9.23. The molecule has 114 valence electrons. The predicted molar refractivity (Wildman–Crippen MR) is 71.2 cm³/mol. The lowest BCUT2D eigenvalue weighted by atomic mass is 10.1. The molecular formula is C12H18O7S. The molecule has 1 atom stereocenters. The van der Waals surface area contributed by atoms with Crippen LogP contribution < -0.4 is 0 Å². The monoisotopic (exact) mass is 306 g/mol. The van der Waals surface area contributed by atoms with E-state index in [1.54, 1.807) is 13.8 Å². The summed E-state index contributed by atoms with van der Waals surface area (Å²) in [6.07, 6.45) is -0.141. The van der Waals surface area contributed by atoms with Crippen molar-refractivity contribution in [2.75, 3.05) is 12.5 Å². The molecule has 0 amide bonds. The number of ether oxygens (including phenoxy) is 2. The number of ketones is 1. The van der Waals surface area contributed by atoms with Gasteiger partial charge >= 0.3 is 17.2 Å². The second-order valence-electron chi connectivity index (χ2n) is 4.38. The summed E-state index contributed by atoms with van der Waals surface area (Å²) in [5.41, 5.74) is 0. The van der Waals surface area contributed by atoms with Gasteiger partial charge in [0.15, 0.2) is 0 Å². The van der Waals surface area contributed by atoms with Gasteiger partial charge in [-0.3, -0.25) is 9.59 Å². The Balaban J connectivity index is 3.99. The van der Waals surface area contributed by atoms with E-state index >= 15 is 0 Å². The Morgan fingerprint density at radius 2 is 1.75 bits per heavy atom. The van der Waals surface area contributed by atoms with Crippen molar-refractivity contribution in [3.05, 3.63) is 0 Å². The zero-order chi connectivity index (χ0) is 15.7. The molecule has 0 rings (SSSR count). The Hall–Kier alpha value is -1.57. The predicted octanol–water partition coefficient (Wildman–Crippen LogP) is 1.69. The van der Waals surface area contributed by atoms with Gasteiger partial charge in [0, 0.05) is 12.2 Å². The van der Waals surface area contributed by atoms with Crippen LogP contribution >= 0.6 is 11.8 Å². The number of carbonyl (C=O) groups excluding carboxylic acids is 3. The van der Waals surface area contributed by atoms with Crippen LogP contribution in [0.2, 0.25) is 0 Å².